The molecule has 14 heteroatoms. The van der Waals surface area contributed by atoms with Crippen molar-refractivity contribution in [1.29, 1.82) is 0 Å². The first-order chi connectivity index (χ1) is 16.0. The molecule has 0 aliphatic rings. The third-order valence-electron chi connectivity index (χ3n) is 4.25. The Morgan fingerprint density at radius 3 is 1.97 bits per heavy atom. The zero-order valence-corrected chi connectivity index (χ0v) is 21.6. The summed E-state index contributed by atoms with van der Waals surface area (Å²) < 4.78 is 61.7. The maximum atomic E-state index is 13.2. The first-order valence-corrected chi connectivity index (χ1v) is 13.8. The smallest absolute Gasteiger partial charge is 0.373 e. The number of sulfonamides is 2. The highest BCUT2D eigenvalue weighted by molar-refractivity contribution is 7.94. The third kappa shape index (κ3) is 6.72. The predicted octanol–water partition coefficient (Wildman–Crippen LogP) is 4.64. The molecule has 9 nitrogen and oxygen atoms in total. The molecule has 0 atom stereocenters. The van der Waals surface area contributed by atoms with Crippen LogP contribution in [0.5, 0.6) is 5.75 Å². The van der Waals surface area contributed by atoms with Crippen molar-refractivity contribution in [2.45, 2.75) is 22.4 Å². The molecule has 1 aromatic heterocycles. The topological polar surface area (TPSA) is 136 Å². The molecule has 0 radical (unpaired) electrons. The molecule has 0 aliphatic carbocycles. The van der Waals surface area contributed by atoms with Crippen LogP contribution < -0.4 is 14.2 Å². The summed E-state index contributed by atoms with van der Waals surface area (Å²) >= 11 is 13.2. The molecule has 1 heterocycles. The Hall–Kier alpha value is -2.60. The van der Waals surface area contributed by atoms with E-state index in [9.17, 15) is 16.8 Å². The van der Waals surface area contributed by atoms with Gasteiger partial charge in [-0.05, 0) is 41.6 Å². The lowest BCUT2D eigenvalue weighted by atomic mass is 10.2. The van der Waals surface area contributed by atoms with E-state index in [0.717, 1.165) is 11.3 Å². The molecule has 0 saturated heterocycles. The molecule has 0 amide bonds. The minimum Gasteiger partial charge on any atom is -0.497 e. The number of aryl methyl sites for hydroxylation is 1. The van der Waals surface area contributed by atoms with Gasteiger partial charge in [-0.15, -0.1) is 11.3 Å². The van der Waals surface area contributed by atoms with Gasteiger partial charge in [0, 0.05) is 6.07 Å². The van der Waals surface area contributed by atoms with Crippen LogP contribution in [-0.2, 0) is 36.1 Å². The fourth-order valence-corrected chi connectivity index (χ4v) is 6.52. The number of rotatable bonds is 8. The zero-order valence-electron chi connectivity index (χ0n) is 17.7. The summed E-state index contributed by atoms with van der Waals surface area (Å²) in [5.74, 6) is 0.366. The number of hydrogen-bond acceptors (Lipinski definition) is 8. The number of halogens is 2. The molecule has 0 aliphatic heterocycles. The van der Waals surface area contributed by atoms with Crippen molar-refractivity contribution in [3.8, 4) is 5.75 Å². The molecule has 0 spiro atoms. The first-order valence-electron chi connectivity index (χ1n) is 9.23. The van der Waals surface area contributed by atoms with Crippen LogP contribution in [0.1, 0.15) is 12.5 Å². The van der Waals surface area contributed by atoms with Crippen LogP contribution in [0.15, 0.2) is 56.9 Å². The normalized spacial score (nSPS) is 11.1. The summed E-state index contributed by atoms with van der Waals surface area (Å²) in [7, 11) is -6.64. The Morgan fingerprint density at radius 1 is 0.941 bits per heavy atom. The highest BCUT2D eigenvalue weighted by Gasteiger charge is 2.24. The average Bonchev–Trinajstić information content (AvgIpc) is 3.33. The summed E-state index contributed by atoms with van der Waals surface area (Å²) in [6.07, 6.45) is 0.708. The lowest BCUT2D eigenvalue weighted by molar-refractivity contribution is -0.191. The van der Waals surface area contributed by atoms with E-state index < -0.39 is 20.0 Å². The maximum absolute atomic E-state index is 13.2. The fourth-order valence-electron chi connectivity index (χ4n) is 2.73. The number of anilines is 2. The van der Waals surface area contributed by atoms with E-state index in [-0.39, 0.29) is 36.7 Å². The van der Waals surface area contributed by atoms with Crippen molar-refractivity contribution in [2.24, 2.45) is 0 Å². The van der Waals surface area contributed by atoms with E-state index in [2.05, 4.69) is 9.44 Å². The van der Waals surface area contributed by atoms with Gasteiger partial charge in [-0.2, -0.15) is 9.59 Å². The van der Waals surface area contributed by atoms with Crippen LogP contribution in [0.25, 0.3) is 0 Å². The van der Waals surface area contributed by atoms with Gasteiger partial charge in [0.05, 0.1) is 33.4 Å². The summed E-state index contributed by atoms with van der Waals surface area (Å²) in [6.45, 7) is 1.82. The highest BCUT2D eigenvalue weighted by Crippen LogP contribution is 2.36. The number of carbonyl (C=O) groups excluding carboxylic acids is 2. The molecule has 2 N–H and O–H groups in total. The van der Waals surface area contributed by atoms with Crippen LogP contribution >= 0.6 is 34.5 Å². The molecule has 3 rings (SSSR count). The Balaban J connectivity index is 0.00000129. The van der Waals surface area contributed by atoms with Crippen molar-refractivity contribution in [1.82, 2.24) is 0 Å². The van der Waals surface area contributed by atoms with E-state index >= 15 is 0 Å². The molecule has 0 fully saturated rings. The van der Waals surface area contributed by atoms with Gasteiger partial charge in [0.25, 0.3) is 20.0 Å². The van der Waals surface area contributed by atoms with Gasteiger partial charge in [0.1, 0.15) is 9.96 Å². The Labute approximate surface area is 210 Å². The summed E-state index contributed by atoms with van der Waals surface area (Å²) in [5.41, 5.74) is 0.431. The SMILES string of the molecule is CCc1ccc(OC)cc1S(=O)(=O)Nc1cc(Cl)c(Cl)cc1NS(=O)(=O)c1cccs1.O=C=O. The molecule has 182 valence electrons. The number of hydrogen-bond donors (Lipinski definition) is 2. The van der Waals surface area contributed by atoms with Crippen LogP contribution in [0.4, 0.5) is 11.4 Å². The van der Waals surface area contributed by atoms with Crippen LogP contribution in [-0.4, -0.2) is 30.1 Å². The van der Waals surface area contributed by atoms with Gasteiger partial charge in [0.15, 0.2) is 0 Å². The molecule has 0 bridgehead atoms. The summed E-state index contributed by atoms with van der Waals surface area (Å²) in [4.78, 5) is 16.3. The van der Waals surface area contributed by atoms with Gasteiger partial charge in [-0.25, -0.2) is 16.8 Å². The van der Waals surface area contributed by atoms with Crippen molar-refractivity contribution in [3.05, 3.63) is 63.5 Å². The molecule has 0 saturated carbocycles. The minimum atomic E-state index is -4.11. The molecule has 3 aromatic rings. The van der Waals surface area contributed by atoms with Crippen LogP contribution in [0.3, 0.4) is 0 Å². The quantitative estimate of drug-likeness (QED) is 0.406. The van der Waals surface area contributed by atoms with Gasteiger partial charge < -0.3 is 4.74 Å². The van der Waals surface area contributed by atoms with E-state index in [0.29, 0.717) is 17.7 Å². The van der Waals surface area contributed by atoms with Crippen molar-refractivity contribution >= 4 is 72.1 Å². The molecular weight excluding hydrogens is 547 g/mol. The Kier molecular flexibility index (Phi) is 9.51. The molecule has 34 heavy (non-hydrogen) atoms. The lowest BCUT2D eigenvalue weighted by Crippen LogP contribution is -2.18. The minimum absolute atomic E-state index is 0.00693. The van der Waals surface area contributed by atoms with Crippen molar-refractivity contribution < 1.29 is 31.2 Å². The highest BCUT2D eigenvalue weighted by atomic mass is 35.5. The predicted molar refractivity (Wildman–Crippen MR) is 130 cm³/mol. The Morgan fingerprint density at radius 2 is 1.50 bits per heavy atom. The zero-order chi connectivity index (χ0) is 25.5. The second kappa shape index (κ2) is 11.7. The number of benzene rings is 2. The lowest BCUT2D eigenvalue weighted by Gasteiger charge is -2.17. The van der Waals surface area contributed by atoms with E-state index in [1.807, 2.05) is 6.92 Å². The number of methoxy groups -OCH3 is 1. The standard InChI is InChI=1S/C19H18Cl2N2O5S3.CO2/c1-3-12-6-7-13(28-2)9-18(12)30(24,25)22-16-10-14(20)15(21)11-17(16)23-31(26,27)19-5-4-8-29-19;2-1-3/h4-11,22-23H,3H2,1-2H3;. The molecule has 0 unspecified atom stereocenters. The fraction of sp³-hybridized carbons (Fsp3) is 0.150. The van der Waals surface area contributed by atoms with E-state index in [4.69, 9.17) is 37.5 Å². The van der Waals surface area contributed by atoms with Crippen molar-refractivity contribution in [2.75, 3.05) is 16.6 Å². The van der Waals surface area contributed by atoms with Gasteiger partial charge in [-0.3, -0.25) is 9.44 Å². The largest absolute Gasteiger partial charge is 0.497 e. The monoisotopic (exact) mass is 564 g/mol. The third-order valence-corrected chi connectivity index (χ3v) is 9.19. The maximum Gasteiger partial charge on any atom is 0.373 e. The van der Waals surface area contributed by atoms with Gasteiger partial charge in [-0.1, -0.05) is 42.3 Å². The van der Waals surface area contributed by atoms with Gasteiger partial charge in [0.2, 0.25) is 0 Å². The average molecular weight is 565 g/mol. The summed E-state index contributed by atoms with van der Waals surface area (Å²) in [5, 5.41) is 1.73. The van der Waals surface area contributed by atoms with Crippen LogP contribution in [0, 0.1) is 0 Å². The van der Waals surface area contributed by atoms with Gasteiger partial charge >= 0.3 is 6.15 Å². The molecule has 2 aromatic carbocycles. The van der Waals surface area contributed by atoms with Crippen LogP contribution in [0.2, 0.25) is 10.0 Å². The van der Waals surface area contributed by atoms with E-state index in [1.165, 1.54) is 31.4 Å². The van der Waals surface area contributed by atoms with Crippen molar-refractivity contribution in [3.63, 3.8) is 0 Å². The first kappa shape index (κ1) is 27.6. The number of thiophene rings is 1. The number of nitrogens with one attached hydrogen (secondary N) is 2. The summed E-state index contributed by atoms with van der Waals surface area (Å²) in [6, 6.07) is 10.2. The number of ether oxygens (including phenoxy) is 1. The second-order valence-corrected chi connectivity index (χ2v) is 11.7. The second-order valence-electron chi connectivity index (χ2n) is 6.37. The van der Waals surface area contributed by atoms with E-state index in [1.54, 1.807) is 23.6 Å². The Bertz CT molecular complexity index is 1400. The molecular formula is C20H18Cl2N2O7S3.